The number of hydrogen-bond donors (Lipinski definition) is 0. The molecule has 0 aliphatic rings. The van der Waals surface area contributed by atoms with Crippen LogP contribution < -0.4 is 0 Å². The zero-order chi connectivity index (χ0) is 4.71. The summed E-state index contributed by atoms with van der Waals surface area (Å²) in [5, 5.41) is 1.97. The first-order valence-corrected chi connectivity index (χ1v) is 5.04. The summed E-state index contributed by atoms with van der Waals surface area (Å²) >= 11 is 2.14. The maximum Gasteiger partial charge on any atom is 0.129 e. The third kappa shape index (κ3) is 41.2. The molecule has 0 spiro atoms. The molecule has 0 aromatic heterocycles. The Kier molecular flexibility index (Phi) is 36.8. The maximum absolute atomic E-state index is 4.53. The Morgan fingerprint density at radius 1 is 1.40 bits per heavy atom. The minimum absolute atomic E-state index is 0.931. The predicted octanol–water partition coefficient (Wildman–Crippen LogP) is -1.85. The van der Waals surface area contributed by atoms with Gasteiger partial charge in [-0.1, -0.05) is 0 Å². The Morgan fingerprint density at radius 3 is 1.40 bits per heavy atom. The van der Waals surface area contributed by atoms with Gasteiger partial charge in [-0.3, -0.25) is 0 Å². The van der Waals surface area contributed by atoms with E-state index in [1.807, 2.05) is 5.31 Å². The van der Waals surface area contributed by atoms with E-state index in [1.165, 1.54) is 0 Å². The van der Waals surface area contributed by atoms with Crippen molar-refractivity contribution in [2.45, 2.75) is 5.31 Å². The van der Waals surface area contributed by atoms with Crippen LogP contribution in [0.5, 0.6) is 0 Å². The molecule has 0 fully saturated rings. The molecule has 0 unspecified atom stereocenters. The van der Waals surface area contributed by atoms with Gasteiger partial charge in [-0.05, 0) is 0 Å². The van der Waals surface area contributed by atoms with Gasteiger partial charge in [-0.15, -0.1) is 0 Å². The Hall–Kier alpha value is 1.08. The van der Waals surface area contributed by atoms with Crippen LogP contribution in [0.4, 0.5) is 0 Å². The van der Waals surface area contributed by atoms with Crippen molar-refractivity contribution in [3.8, 4) is 0 Å². The standard InChI is InChI=1S/CH3.H6OSi2.Pt/c;2-1-3;/h1H3;2-3H3;. The first-order chi connectivity index (χ1) is 2.41. The van der Waals surface area contributed by atoms with Crippen LogP contribution in [-0.2, 0) is 23.9 Å². The van der Waals surface area contributed by atoms with Gasteiger partial charge < -0.3 is 4.12 Å². The molecule has 0 N–H and O–H groups in total. The summed E-state index contributed by atoms with van der Waals surface area (Å²) in [5.41, 5.74) is 0. The van der Waals surface area contributed by atoms with Gasteiger partial charge in [0.2, 0.25) is 0 Å². The SMILES string of the molecule is [CH3][Pt].[SiH3]O[SiH3]. The molecule has 0 aromatic carbocycles. The second-order valence-corrected chi connectivity index (χ2v) is 3.67. The zero-order valence-electron chi connectivity index (χ0n) is 3.72. The minimum Gasteiger partial charge on any atom is -0.471 e. The third-order valence-electron chi connectivity index (χ3n) is 0. The summed E-state index contributed by atoms with van der Waals surface area (Å²) < 4.78 is 4.53. The van der Waals surface area contributed by atoms with Crippen molar-refractivity contribution in [2.24, 2.45) is 0 Å². The molecule has 0 aliphatic heterocycles. The van der Waals surface area contributed by atoms with Crippen molar-refractivity contribution >= 4 is 21.0 Å². The van der Waals surface area contributed by atoms with Gasteiger partial charge in [0.25, 0.3) is 0 Å². The Morgan fingerprint density at radius 2 is 1.40 bits per heavy atom. The molecule has 1 nitrogen and oxygen atoms in total. The summed E-state index contributed by atoms with van der Waals surface area (Å²) in [5.74, 6) is 0. The molecule has 0 aliphatic carbocycles. The number of rotatable bonds is 0. The van der Waals surface area contributed by atoms with E-state index in [0.717, 1.165) is 21.0 Å². The van der Waals surface area contributed by atoms with Crippen LogP contribution in [0.15, 0.2) is 0 Å². The van der Waals surface area contributed by atoms with E-state index in [9.17, 15) is 0 Å². The average molecular weight is 288 g/mol. The molecule has 0 bridgehead atoms. The molecule has 0 saturated carbocycles. The van der Waals surface area contributed by atoms with Crippen LogP contribution in [0.3, 0.4) is 0 Å². The van der Waals surface area contributed by atoms with Crippen molar-refractivity contribution < 1.29 is 23.9 Å². The fourth-order valence-corrected chi connectivity index (χ4v) is 0. The maximum atomic E-state index is 4.53. The Balaban J connectivity index is 0. The normalized spacial score (nSPS) is 6.20. The second kappa shape index (κ2) is 19.5. The first-order valence-electron chi connectivity index (χ1n) is 1.13. The van der Waals surface area contributed by atoms with Crippen LogP contribution in [0.25, 0.3) is 0 Å². The molecule has 5 heavy (non-hydrogen) atoms. The quantitative estimate of drug-likeness (QED) is 0.475. The summed E-state index contributed by atoms with van der Waals surface area (Å²) in [6.45, 7) is 0. The first kappa shape index (κ1) is 9.43. The van der Waals surface area contributed by atoms with E-state index in [0.29, 0.717) is 0 Å². The van der Waals surface area contributed by atoms with E-state index in [1.54, 1.807) is 0 Å². The predicted molar refractivity (Wildman–Crippen MR) is 26.8 cm³/mol. The van der Waals surface area contributed by atoms with Crippen LogP contribution in [0, 0.1) is 0 Å². The van der Waals surface area contributed by atoms with Gasteiger partial charge in [0.15, 0.2) is 0 Å². The van der Waals surface area contributed by atoms with Gasteiger partial charge in [-0.25, -0.2) is 0 Å². The van der Waals surface area contributed by atoms with Crippen molar-refractivity contribution in [1.82, 2.24) is 0 Å². The number of hydrogen-bond acceptors (Lipinski definition) is 1. The second-order valence-electron chi connectivity index (χ2n) is 0.408. The van der Waals surface area contributed by atoms with E-state index in [4.69, 9.17) is 0 Å². The fourth-order valence-electron chi connectivity index (χ4n) is 0. The zero-order valence-corrected chi connectivity index (χ0v) is 10.00. The summed E-state index contributed by atoms with van der Waals surface area (Å²) in [4.78, 5) is 0. The Labute approximate surface area is 50.5 Å². The average Bonchev–Trinajstić information content (AvgIpc) is 1.46. The molecule has 0 heterocycles. The van der Waals surface area contributed by atoms with Gasteiger partial charge in [-0.2, -0.15) is 0 Å². The smallest absolute Gasteiger partial charge is 0.129 e. The molecular weight excluding hydrogens is 279 g/mol. The molecule has 0 aromatic rings. The van der Waals surface area contributed by atoms with E-state index in [-0.39, 0.29) is 0 Å². The monoisotopic (exact) mass is 288 g/mol. The molecule has 37 valence electrons. The van der Waals surface area contributed by atoms with Crippen LogP contribution in [0.1, 0.15) is 0 Å². The van der Waals surface area contributed by atoms with Gasteiger partial charge >= 0.3 is 25.1 Å². The fraction of sp³-hybridized carbons (Fsp3) is 1.00. The molecule has 0 amide bonds. The summed E-state index contributed by atoms with van der Waals surface area (Å²) in [7, 11) is 1.86. The van der Waals surface area contributed by atoms with Gasteiger partial charge in [0, 0.05) is 0 Å². The molecule has 0 rings (SSSR count). The van der Waals surface area contributed by atoms with Crippen molar-refractivity contribution in [3.63, 3.8) is 0 Å². The van der Waals surface area contributed by atoms with E-state index in [2.05, 4.69) is 23.9 Å². The van der Waals surface area contributed by atoms with Crippen LogP contribution >= 0.6 is 0 Å². The minimum atomic E-state index is 0.931. The molecular formula is CH9OPtSi2. The van der Waals surface area contributed by atoms with E-state index < -0.39 is 0 Å². The van der Waals surface area contributed by atoms with Gasteiger partial charge in [0.05, 0.1) is 0 Å². The molecule has 0 saturated heterocycles. The molecule has 0 atom stereocenters. The van der Waals surface area contributed by atoms with Crippen LogP contribution in [-0.4, -0.2) is 21.0 Å². The summed E-state index contributed by atoms with van der Waals surface area (Å²) in [6, 6.07) is 0. The van der Waals surface area contributed by atoms with Gasteiger partial charge in [0.1, 0.15) is 21.0 Å². The molecule has 0 radical (unpaired) electrons. The third-order valence-corrected chi connectivity index (χ3v) is 0. The van der Waals surface area contributed by atoms with E-state index >= 15 is 0 Å². The largest absolute Gasteiger partial charge is 0.471 e. The topological polar surface area (TPSA) is 9.23 Å². The Bertz CT molecular complexity index is 9.61. The summed E-state index contributed by atoms with van der Waals surface area (Å²) in [6.07, 6.45) is 0. The van der Waals surface area contributed by atoms with Crippen molar-refractivity contribution in [3.05, 3.63) is 0 Å². The van der Waals surface area contributed by atoms with Crippen molar-refractivity contribution in [2.75, 3.05) is 0 Å². The van der Waals surface area contributed by atoms with Crippen LogP contribution in [0.2, 0.25) is 5.31 Å². The van der Waals surface area contributed by atoms with Crippen molar-refractivity contribution in [1.29, 1.82) is 0 Å². The molecule has 4 heteroatoms.